The van der Waals surface area contributed by atoms with Crippen LogP contribution in [0.3, 0.4) is 0 Å². The molecule has 4 N–H and O–H groups in total. The first-order chi connectivity index (χ1) is 4.54. The van der Waals surface area contributed by atoms with Crippen LogP contribution in [0.1, 0.15) is 13.8 Å². The second-order valence-electron chi connectivity index (χ2n) is 2.39. The molecule has 0 spiro atoms. The van der Waals surface area contributed by atoms with E-state index in [1.807, 2.05) is 13.8 Å². The molecule has 0 aliphatic carbocycles. The number of carbonyl (C=O) groups excluding carboxylic acids is 1. The molecular weight excluding hydrogens is 132 g/mol. The van der Waals surface area contributed by atoms with Gasteiger partial charge in [-0.05, 0) is 13.8 Å². The summed E-state index contributed by atoms with van der Waals surface area (Å²) in [5.41, 5.74) is 10.1. The van der Waals surface area contributed by atoms with Gasteiger partial charge in [-0.1, -0.05) is 0 Å². The average Bonchev–Trinajstić information content (AvgIpc) is 1.82. The van der Waals surface area contributed by atoms with E-state index >= 15 is 0 Å². The van der Waals surface area contributed by atoms with E-state index in [2.05, 4.69) is 0 Å². The van der Waals surface area contributed by atoms with E-state index in [1.165, 1.54) is 0 Å². The van der Waals surface area contributed by atoms with Crippen molar-refractivity contribution in [2.24, 2.45) is 11.5 Å². The van der Waals surface area contributed by atoms with Gasteiger partial charge < -0.3 is 16.2 Å². The van der Waals surface area contributed by atoms with E-state index in [-0.39, 0.29) is 12.7 Å². The summed E-state index contributed by atoms with van der Waals surface area (Å²) in [4.78, 5) is 10.3. The number of nitrogens with two attached hydrogens (primary N) is 2. The van der Waals surface area contributed by atoms with Crippen LogP contribution in [-0.4, -0.2) is 24.7 Å². The highest BCUT2D eigenvalue weighted by molar-refractivity contribution is 5.79. The average molecular weight is 146 g/mol. The highest BCUT2D eigenvalue weighted by Gasteiger charge is 2.08. The molecule has 0 aromatic rings. The van der Waals surface area contributed by atoms with Crippen LogP contribution in [0.4, 0.5) is 0 Å². The lowest BCUT2D eigenvalue weighted by Gasteiger charge is -2.10. The fourth-order valence-corrected chi connectivity index (χ4v) is 0.378. The normalized spacial score (nSPS) is 13.6. The van der Waals surface area contributed by atoms with Crippen LogP contribution < -0.4 is 11.5 Å². The summed E-state index contributed by atoms with van der Waals surface area (Å²) in [6.07, 6.45) is 0.0883. The zero-order valence-corrected chi connectivity index (χ0v) is 6.33. The standard InChI is InChI=1S/C6H14N2O2/c1-4(2)10-3-5(7)6(8)9/h4-5H,3,7H2,1-2H3,(H2,8,9)/t5-/m1/s1. The molecule has 0 bridgehead atoms. The lowest BCUT2D eigenvalue weighted by atomic mass is 10.3. The Hall–Kier alpha value is -0.610. The van der Waals surface area contributed by atoms with Gasteiger partial charge in [0.25, 0.3) is 0 Å². The third kappa shape index (κ3) is 4.29. The van der Waals surface area contributed by atoms with E-state index in [1.54, 1.807) is 0 Å². The second-order valence-corrected chi connectivity index (χ2v) is 2.39. The van der Waals surface area contributed by atoms with Crippen LogP contribution in [0.2, 0.25) is 0 Å². The molecule has 0 aromatic heterocycles. The van der Waals surface area contributed by atoms with Crippen molar-refractivity contribution in [3.63, 3.8) is 0 Å². The van der Waals surface area contributed by atoms with Crippen molar-refractivity contribution in [2.45, 2.75) is 26.0 Å². The van der Waals surface area contributed by atoms with E-state index in [4.69, 9.17) is 16.2 Å². The Morgan fingerprint density at radius 2 is 2.10 bits per heavy atom. The van der Waals surface area contributed by atoms with Crippen molar-refractivity contribution in [3.8, 4) is 0 Å². The van der Waals surface area contributed by atoms with Gasteiger partial charge in [0.1, 0.15) is 6.04 Å². The molecule has 0 radical (unpaired) electrons. The smallest absolute Gasteiger partial charge is 0.236 e. The second kappa shape index (κ2) is 4.24. The third-order valence-corrected chi connectivity index (χ3v) is 0.975. The molecule has 0 aliphatic heterocycles. The summed E-state index contributed by atoms with van der Waals surface area (Å²) in [5.74, 6) is -0.527. The summed E-state index contributed by atoms with van der Waals surface area (Å²) in [6, 6.07) is -0.678. The Morgan fingerprint density at radius 1 is 1.60 bits per heavy atom. The van der Waals surface area contributed by atoms with Gasteiger partial charge in [-0.2, -0.15) is 0 Å². The lowest BCUT2D eigenvalue weighted by molar-refractivity contribution is -0.120. The van der Waals surface area contributed by atoms with E-state index in [9.17, 15) is 4.79 Å². The Labute approximate surface area is 60.5 Å². The minimum Gasteiger partial charge on any atom is -0.377 e. The SMILES string of the molecule is CC(C)OC[C@@H](N)C(N)=O. The van der Waals surface area contributed by atoms with Gasteiger partial charge in [-0.3, -0.25) is 4.79 Å². The van der Waals surface area contributed by atoms with Crippen molar-refractivity contribution in [1.82, 2.24) is 0 Å². The van der Waals surface area contributed by atoms with Crippen LogP contribution in [-0.2, 0) is 9.53 Å². The lowest BCUT2D eigenvalue weighted by Crippen LogP contribution is -2.40. The van der Waals surface area contributed by atoms with Crippen LogP contribution in [0, 0.1) is 0 Å². The predicted octanol–water partition coefficient (Wildman–Crippen LogP) is -0.776. The zero-order valence-electron chi connectivity index (χ0n) is 6.33. The van der Waals surface area contributed by atoms with Gasteiger partial charge in [0.15, 0.2) is 0 Å². The maximum Gasteiger partial charge on any atom is 0.236 e. The van der Waals surface area contributed by atoms with Crippen molar-refractivity contribution < 1.29 is 9.53 Å². The van der Waals surface area contributed by atoms with Gasteiger partial charge in [-0.15, -0.1) is 0 Å². The molecule has 4 heteroatoms. The molecule has 0 aliphatic rings. The highest BCUT2D eigenvalue weighted by atomic mass is 16.5. The van der Waals surface area contributed by atoms with Crippen molar-refractivity contribution in [1.29, 1.82) is 0 Å². The molecule has 0 aromatic carbocycles. The molecule has 0 unspecified atom stereocenters. The number of primary amides is 1. The maximum absolute atomic E-state index is 10.3. The van der Waals surface area contributed by atoms with Gasteiger partial charge >= 0.3 is 0 Å². The zero-order chi connectivity index (χ0) is 8.15. The van der Waals surface area contributed by atoms with Gasteiger partial charge in [-0.25, -0.2) is 0 Å². The van der Waals surface area contributed by atoms with E-state index in [0.29, 0.717) is 0 Å². The summed E-state index contributed by atoms with van der Waals surface area (Å²) < 4.78 is 5.04. The minimum absolute atomic E-state index is 0.0883. The third-order valence-electron chi connectivity index (χ3n) is 0.975. The molecule has 0 saturated carbocycles. The van der Waals surface area contributed by atoms with Crippen LogP contribution in [0.25, 0.3) is 0 Å². The Kier molecular flexibility index (Phi) is 3.99. The number of rotatable bonds is 4. The predicted molar refractivity (Wildman–Crippen MR) is 38.3 cm³/mol. The van der Waals surface area contributed by atoms with Crippen molar-refractivity contribution in [2.75, 3.05) is 6.61 Å². The summed E-state index contributed by atoms with van der Waals surface area (Å²) in [7, 11) is 0. The molecule has 0 rings (SSSR count). The number of carbonyl (C=O) groups is 1. The van der Waals surface area contributed by atoms with E-state index < -0.39 is 11.9 Å². The first-order valence-corrected chi connectivity index (χ1v) is 3.20. The van der Waals surface area contributed by atoms with Crippen LogP contribution >= 0.6 is 0 Å². The first-order valence-electron chi connectivity index (χ1n) is 3.20. The Balaban J connectivity index is 3.40. The molecule has 0 fully saturated rings. The van der Waals surface area contributed by atoms with Gasteiger partial charge in [0.05, 0.1) is 12.7 Å². The number of ether oxygens (including phenoxy) is 1. The van der Waals surface area contributed by atoms with Gasteiger partial charge in [0, 0.05) is 0 Å². The Morgan fingerprint density at radius 3 is 2.40 bits per heavy atom. The molecule has 1 atom stereocenters. The van der Waals surface area contributed by atoms with E-state index in [0.717, 1.165) is 0 Å². The number of hydrogen-bond acceptors (Lipinski definition) is 3. The van der Waals surface area contributed by atoms with Gasteiger partial charge in [0.2, 0.25) is 5.91 Å². The molecule has 1 amide bonds. The first kappa shape index (κ1) is 9.39. The van der Waals surface area contributed by atoms with Crippen LogP contribution in [0.15, 0.2) is 0 Å². The fraction of sp³-hybridized carbons (Fsp3) is 0.833. The fourth-order valence-electron chi connectivity index (χ4n) is 0.378. The summed E-state index contributed by atoms with van der Waals surface area (Å²) in [6.45, 7) is 3.94. The summed E-state index contributed by atoms with van der Waals surface area (Å²) >= 11 is 0. The molecule has 60 valence electrons. The highest BCUT2D eigenvalue weighted by Crippen LogP contribution is 1.88. The monoisotopic (exact) mass is 146 g/mol. The molecular formula is C6H14N2O2. The molecule has 0 saturated heterocycles. The van der Waals surface area contributed by atoms with Crippen LogP contribution in [0.5, 0.6) is 0 Å². The maximum atomic E-state index is 10.3. The number of amides is 1. The minimum atomic E-state index is -0.678. The number of hydrogen-bond donors (Lipinski definition) is 2. The molecule has 10 heavy (non-hydrogen) atoms. The molecule has 4 nitrogen and oxygen atoms in total. The molecule has 0 heterocycles. The summed E-state index contributed by atoms with van der Waals surface area (Å²) in [5, 5.41) is 0. The Bertz CT molecular complexity index is 114. The quantitative estimate of drug-likeness (QED) is 0.546. The van der Waals surface area contributed by atoms with Crippen molar-refractivity contribution in [3.05, 3.63) is 0 Å². The topological polar surface area (TPSA) is 78.3 Å². The van der Waals surface area contributed by atoms with Crippen molar-refractivity contribution >= 4 is 5.91 Å². The largest absolute Gasteiger partial charge is 0.377 e.